The zero-order valence-electron chi connectivity index (χ0n) is 14.6. The van der Waals surface area contributed by atoms with Crippen molar-refractivity contribution in [2.75, 3.05) is 12.4 Å². The van der Waals surface area contributed by atoms with Crippen molar-refractivity contribution in [3.63, 3.8) is 0 Å². The predicted octanol–water partition coefficient (Wildman–Crippen LogP) is 4.92. The number of aromatic carboxylic acids is 1. The Kier molecular flexibility index (Phi) is 5.54. The zero-order chi connectivity index (χ0) is 18.4. The van der Waals surface area contributed by atoms with E-state index in [0.717, 1.165) is 29.8 Å². The van der Waals surface area contributed by atoms with E-state index in [1.54, 1.807) is 13.2 Å². The highest BCUT2D eigenvalue weighted by Gasteiger charge is 2.11. The zero-order valence-corrected chi connectivity index (χ0v) is 14.6. The molecule has 0 aliphatic heterocycles. The van der Waals surface area contributed by atoms with Crippen molar-refractivity contribution in [3.8, 4) is 5.75 Å². The molecule has 4 heteroatoms. The number of carbonyl (C=O) groups is 1. The quantitative estimate of drug-likeness (QED) is 0.637. The first-order chi connectivity index (χ1) is 12.7. The van der Waals surface area contributed by atoms with Gasteiger partial charge >= 0.3 is 5.97 Å². The van der Waals surface area contributed by atoms with Gasteiger partial charge in [-0.05, 0) is 60.4 Å². The van der Waals surface area contributed by atoms with Gasteiger partial charge in [0.05, 0.1) is 18.4 Å². The summed E-state index contributed by atoms with van der Waals surface area (Å²) in [6, 6.07) is 23.0. The molecule has 3 aromatic carbocycles. The highest BCUT2D eigenvalue weighted by molar-refractivity contribution is 5.95. The maximum Gasteiger partial charge on any atom is 0.337 e. The molecule has 0 spiro atoms. The standard InChI is InChI=1S/C22H21NO3/c1-26-19-9-5-6-16(14-19)10-11-17-12-13-20(22(24)25)21(15-17)23-18-7-3-2-4-8-18/h2-9,12-15,23H,10-11H2,1H3,(H,24,25). The molecule has 132 valence electrons. The first kappa shape index (κ1) is 17.5. The van der Waals surface area contributed by atoms with E-state index in [4.69, 9.17) is 4.74 Å². The van der Waals surface area contributed by atoms with Gasteiger partial charge in [-0.15, -0.1) is 0 Å². The van der Waals surface area contributed by atoms with Crippen LogP contribution < -0.4 is 10.1 Å². The molecule has 0 bridgehead atoms. The predicted molar refractivity (Wildman–Crippen MR) is 104 cm³/mol. The summed E-state index contributed by atoms with van der Waals surface area (Å²) in [6.07, 6.45) is 1.67. The van der Waals surface area contributed by atoms with Crippen LogP contribution in [-0.2, 0) is 12.8 Å². The van der Waals surface area contributed by atoms with Crippen LogP contribution in [-0.4, -0.2) is 18.2 Å². The highest BCUT2D eigenvalue weighted by Crippen LogP contribution is 2.24. The van der Waals surface area contributed by atoms with Gasteiger partial charge in [-0.1, -0.05) is 36.4 Å². The van der Waals surface area contributed by atoms with Gasteiger partial charge in [-0.3, -0.25) is 0 Å². The first-order valence-electron chi connectivity index (χ1n) is 8.47. The average molecular weight is 347 g/mol. The van der Waals surface area contributed by atoms with E-state index in [0.29, 0.717) is 5.69 Å². The number of rotatable bonds is 7. The van der Waals surface area contributed by atoms with Crippen LogP contribution in [0.5, 0.6) is 5.75 Å². The summed E-state index contributed by atoms with van der Waals surface area (Å²) in [5.41, 5.74) is 3.99. The van der Waals surface area contributed by atoms with Crippen LogP contribution in [0.25, 0.3) is 0 Å². The number of hydrogen-bond acceptors (Lipinski definition) is 3. The molecule has 2 N–H and O–H groups in total. The Morgan fingerprint density at radius 1 is 0.923 bits per heavy atom. The Morgan fingerprint density at radius 2 is 1.65 bits per heavy atom. The molecular weight excluding hydrogens is 326 g/mol. The molecule has 26 heavy (non-hydrogen) atoms. The molecule has 0 fully saturated rings. The SMILES string of the molecule is COc1cccc(CCc2ccc(C(=O)O)c(Nc3ccccc3)c2)c1. The lowest BCUT2D eigenvalue weighted by atomic mass is 10.0. The first-order valence-corrected chi connectivity index (χ1v) is 8.47. The summed E-state index contributed by atoms with van der Waals surface area (Å²) in [6.45, 7) is 0. The third kappa shape index (κ3) is 4.42. The van der Waals surface area contributed by atoms with E-state index >= 15 is 0 Å². The van der Waals surface area contributed by atoms with E-state index in [9.17, 15) is 9.90 Å². The molecule has 3 aromatic rings. The summed E-state index contributed by atoms with van der Waals surface area (Å²) in [4.78, 5) is 11.5. The number of carboxylic acid groups (broad SMARTS) is 1. The molecule has 0 aromatic heterocycles. The lowest BCUT2D eigenvalue weighted by Gasteiger charge is -2.12. The minimum Gasteiger partial charge on any atom is -0.497 e. The average Bonchev–Trinajstić information content (AvgIpc) is 2.67. The lowest BCUT2D eigenvalue weighted by molar-refractivity contribution is 0.0698. The second kappa shape index (κ2) is 8.21. The summed E-state index contributed by atoms with van der Waals surface area (Å²) in [5, 5.41) is 12.7. The van der Waals surface area contributed by atoms with Crippen LogP contribution in [0, 0.1) is 0 Å². The number of carboxylic acids is 1. The molecule has 0 saturated heterocycles. The smallest absolute Gasteiger partial charge is 0.337 e. The lowest BCUT2D eigenvalue weighted by Crippen LogP contribution is -2.04. The Morgan fingerprint density at radius 3 is 2.35 bits per heavy atom. The van der Waals surface area contributed by atoms with Gasteiger partial charge in [0.25, 0.3) is 0 Å². The molecule has 0 radical (unpaired) electrons. The van der Waals surface area contributed by atoms with Gasteiger partial charge in [0, 0.05) is 5.69 Å². The van der Waals surface area contributed by atoms with Gasteiger partial charge < -0.3 is 15.2 Å². The molecule has 0 amide bonds. The van der Waals surface area contributed by atoms with Crippen molar-refractivity contribution in [2.45, 2.75) is 12.8 Å². The number of aryl methyl sites for hydroxylation is 2. The molecule has 0 aliphatic carbocycles. The summed E-state index contributed by atoms with van der Waals surface area (Å²) in [5.74, 6) is -0.0991. The Balaban J connectivity index is 1.79. The van der Waals surface area contributed by atoms with Crippen molar-refractivity contribution < 1.29 is 14.6 Å². The van der Waals surface area contributed by atoms with E-state index in [1.165, 1.54) is 5.56 Å². The van der Waals surface area contributed by atoms with Crippen molar-refractivity contribution in [3.05, 3.63) is 89.5 Å². The van der Waals surface area contributed by atoms with Gasteiger partial charge in [0.1, 0.15) is 5.75 Å². The maximum absolute atomic E-state index is 11.5. The summed E-state index contributed by atoms with van der Waals surface area (Å²) >= 11 is 0. The number of benzene rings is 3. The summed E-state index contributed by atoms with van der Waals surface area (Å²) < 4.78 is 5.26. The topological polar surface area (TPSA) is 58.6 Å². The van der Waals surface area contributed by atoms with Crippen LogP contribution in [0.1, 0.15) is 21.5 Å². The fourth-order valence-electron chi connectivity index (χ4n) is 2.83. The van der Waals surface area contributed by atoms with Crippen molar-refractivity contribution in [1.82, 2.24) is 0 Å². The van der Waals surface area contributed by atoms with Crippen molar-refractivity contribution >= 4 is 17.3 Å². The van der Waals surface area contributed by atoms with Gasteiger partial charge in [-0.25, -0.2) is 4.79 Å². The molecule has 3 rings (SSSR count). The number of para-hydroxylation sites is 1. The fourth-order valence-corrected chi connectivity index (χ4v) is 2.83. The van der Waals surface area contributed by atoms with E-state index < -0.39 is 5.97 Å². The van der Waals surface area contributed by atoms with Crippen LogP contribution in [0.15, 0.2) is 72.8 Å². The third-order valence-electron chi connectivity index (χ3n) is 4.20. The third-order valence-corrected chi connectivity index (χ3v) is 4.20. The minimum absolute atomic E-state index is 0.263. The Bertz CT molecular complexity index is 891. The molecule has 0 heterocycles. The van der Waals surface area contributed by atoms with E-state index in [1.807, 2.05) is 60.7 Å². The van der Waals surface area contributed by atoms with Crippen LogP contribution >= 0.6 is 0 Å². The molecular formula is C22H21NO3. The monoisotopic (exact) mass is 347 g/mol. The molecule has 0 saturated carbocycles. The number of methoxy groups -OCH3 is 1. The highest BCUT2D eigenvalue weighted by atomic mass is 16.5. The van der Waals surface area contributed by atoms with Crippen LogP contribution in [0.3, 0.4) is 0 Å². The van der Waals surface area contributed by atoms with E-state index in [-0.39, 0.29) is 5.56 Å². The fraction of sp³-hybridized carbons (Fsp3) is 0.136. The number of nitrogens with one attached hydrogen (secondary N) is 1. The van der Waals surface area contributed by atoms with Crippen molar-refractivity contribution in [1.29, 1.82) is 0 Å². The second-order valence-corrected chi connectivity index (χ2v) is 6.03. The second-order valence-electron chi connectivity index (χ2n) is 6.03. The van der Waals surface area contributed by atoms with Crippen molar-refractivity contribution in [2.24, 2.45) is 0 Å². The largest absolute Gasteiger partial charge is 0.497 e. The van der Waals surface area contributed by atoms with Gasteiger partial charge in [-0.2, -0.15) is 0 Å². The molecule has 0 unspecified atom stereocenters. The maximum atomic E-state index is 11.5. The van der Waals surface area contributed by atoms with Gasteiger partial charge in [0.2, 0.25) is 0 Å². The molecule has 4 nitrogen and oxygen atoms in total. The number of anilines is 2. The van der Waals surface area contributed by atoms with Crippen LogP contribution in [0.2, 0.25) is 0 Å². The minimum atomic E-state index is -0.942. The molecule has 0 atom stereocenters. The normalized spacial score (nSPS) is 10.3. The van der Waals surface area contributed by atoms with Crippen LogP contribution in [0.4, 0.5) is 11.4 Å². The van der Waals surface area contributed by atoms with E-state index in [2.05, 4.69) is 11.4 Å². The van der Waals surface area contributed by atoms with Gasteiger partial charge in [0.15, 0.2) is 0 Å². The Hall–Kier alpha value is -3.27. The number of ether oxygens (including phenoxy) is 1. The Labute approximate surface area is 153 Å². The number of hydrogen-bond donors (Lipinski definition) is 2. The molecule has 0 aliphatic rings. The summed E-state index contributed by atoms with van der Waals surface area (Å²) in [7, 11) is 1.66.